The minimum atomic E-state index is -0.188. The zero-order chi connectivity index (χ0) is 14.5. The molecule has 2 atom stereocenters. The molecule has 1 fully saturated rings. The predicted molar refractivity (Wildman–Crippen MR) is 76.1 cm³/mol. The molecule has 1 aromatic heterocycles. The smallest absolute Gasteiger partial charge is 0.243 e. The number of morpholine rings is 1. The Morgan fingerprint density at radius 2 is 2.25 bits per heavy atom. The van der Waals surface area contributed by atoms with Gasteiger partial charge in [-0.15, -0.1) is 0 Å². The molecule has 0 aliphatic carbocycles. The highest BCUT2D eigenvalue weighted by Crippen LogP contribution is 2.23. The van der Waals surface area contributed by atoms with Gasteiger partial charge in [-0.2, -0.15) is 4.98 Å². The summed E-state index contributed by atoms with van der Waals surface area (Å²) in [7, 11) is 0. The van der Waals surface area contributed by atoms with Crippen LogP contribution in [0.5, 0.6) is 0 Å². The zero-order valence-corrected chi connectivity index (χ0v) is 12.7. The van der Waals surface area contributed by atoms with Crippen molar-refractivity contribution in [3.8, 4) is 0 Å². The van der Waals surface area contributed by atoms with Crippen LogP contribution in [0.1, 0.15) is 57.5 Å². The van der Waals surface area contributed by atoms with E-state index in [0.717, 1.165) is 32.5 Å². The molecular weight excluding hydrogens is 256 g/mol. The second-order valence-corrected chi connectivity index (χ2v) is 5.89. The molecule has 0 saturated carbocycles. The molecule has 2 N–H and O–H groups in total. The Kier molecular flexibility index (Phi) is 5.51. The lowest BCUT2D eigenvalue weighted by Gasteiger charge is -2.30. The lowest BCUT2D eigenvalue weighted by atomic mass is 10.0. The Balaban J connectivity index is 1.97. The van der Waals surface area contributed by atoms with E-state index in [1.54, 1.807) is 0 Å². The fraction of sp³-hybridized carbons (Fsp3) is 0.857. The van der Waals surface area contributed by atoms with Crippen molar-refractivity contribution >= 4 is 0 Å². The van der Waals surface area contributed by atoms with E-state index in [-0.39, 0.29) is 12.1 Å². The molecule has 1 unspecified atom stereocenters. The Morgan fingerprint density at radius 3 is 2.95 bits per heavy atom. The first-order valence-electron chi connectivity index (χ1n) is 7.53. The van der Waals surface area contributed by atoms with E-state index in [1.165, 1.54) is 0 Å². The van der Waals surface area contributed by atoms with Gasteiger partial charge < -0.3 is 15.0 Å². The number of ether oxygens (including phenoxy) is 1. The molecule has 0 bridgehead atoms. The summed E-state index contributed by atoms with van der Waals surface area (Å²) in [5.74, 6) is 1.65. The van der Waals surface area contributed by atoms with Gasteiger partial charge in [0.15, 0.2) is 0 Å². The van der Waals surface area contributed by atoms with Gasteiger partial charge in [0.2, 0.25) is 11.7 Å². The van der Waals surface area contributed by atoms with Crippen molar-refractivity contribution in [1.29, 1.82) is 0 Å². The minimum absolute atomic E-state index is 0.0981. The number of rotatable bonds is 6. The lowest BCUT2D eigenvalue weighted by Crippen LogP contribution is -2.39. The quantitative estimate of drug-likeness (QED) is 0.858. The molecule has 6 nitrogen and oxygen atoms in total. The first kappa shape index (κ1) is 15.4. The molecule has 2 rings (SSSR count). The van der Waals surface area contributed by atoms with E-state index in [9.17, 15) is 0 Å². The standard InChI is InChI=1S/C14H26N4O2/c1-4-5-18-6-7-19-12(9-18)13-16-14(20-17-13)11(15)8-10(2)3/h10-12H,4-9,15H2,1-3H3/t11-,12?/m0/s1. The maximum absolute atomic E-state index is 6.07. The molecule has 20 heavy (non-hydrogen) atoms. The van der Waals surface area contributed by atoms with Crippen LogP contribution in [-0.4, -0.2) is 41.3 Å². The fourth-order valence-electron chi connectivity index (χ4n) is 2.52. The van der Waals surface area contributed by atoms with E-state index < -0.39 is 0 Å². The van der Waals surface area contributed by atoms with Crippen LogP contribution in [0.15, 0.2) is 4.52 Å². The number of aromatic nitrogens is 2. The molecule has 1 aliphatic heterocycles. The van der Waals surface area contributed by atoms with E-state index in [4.69, 9.17) is 15.0 Å². The van der Waals surface area contributed by atoms with Gasteiger partial charge in [0.1, 0.15) is 6.10 Å². The van der Waals surface area contributed by atoms with Crippen LogP contribution in [-0.2, 0) is 4.74 Å². The van der Waals surface area contributed by atoms with Gasteiger partial charge >= 0.3 is 0 Å². The second kappa shape index (κ2) is 7.15. The van der Waals surface area contributed by atoms with Gasteiger partial charge in [0.05, 0.1) is 12.6 Å². The molecule has 114 valence electrons. The number of hydrogen-bond donors (Lipinski definition) is 1. The minimum Gasteiger partial charge on any atom is -0.367 e. The van der Waals surface area contributed by atoms with Crippen molar-refractivity contribution in [3.63, 3.8) is 0 Å². The molecule has 1 saturated heterocycles. The first-order valence-corrected chi connectivity index (χ1v) is 7.53. The van der Waals surface area contributed by atoms with Gasteiger partial charge in [0.25, 0.3) is 0 Å². The first-order chi connectivity index (χ1) is 9.60. The van der Waals surface area contributed by atoms with E-state index in [1.807, 2.05) is 0 Å². The van der Waals surface area contributed by atoms with E-state index >= 15 is 0 Å². The largest absolute Gasteiger partial charge is 0.367 e. The van der Waals surface area contributed by atoms with Crippen LogP contribution in [0.4, 0.5) is 0 Å². The molecule has 2 heterocycles. The Labute approximate surface area is 120 Å². The molecular formula is C14H26N4O2. The Morgan fingerprint density at radius 1 is 1.45 bits per heavy atom. The van der Waals surface area contributed by atoms with Crippen LogP contribution in [0.2, 0.25) is 0 Å². The van der Waals surface area contributed by atoms with Crippen molar-refractivity contribution in [3.05, 3.63) is 11.7 Å². The topological polar surface area (TPSA) is 77.4 Å². The van der Waals surface area contributed by atoms with Gasteiger partial charge in [-0.1, -0.05) is 25.9 Å². The number of hydrogen-bond acceptors (Lipinski definition) is 6. The van der Waals surface area contributed by atoms with Gasteiger partial charge in [-0.25, -0.2) is 0 Å². The Hall–Kier alpha value is -0.980. The lowest BCUT2D eigenvalue weighted by molar-refractivity contribution is -0.0350. The summed E-state index contributed by atoms with van der Waals surface area (Å²) in [4.78, 5) is 6.80. The second-order valence-electron chi connectivity index (χ2n) is 5.89. The summed E-state index contributed by atoms with van der Waals surface area (Å²) < 4.78 is 11.0. The summed E-state index contributed by atoms with van der Waals surface area (Å²) in [6, 6.07) is -0.188. The SMILES string of the molecule is CCCN1CCOC(c2noc([C@@H](N)CC(C)C)n2)C1. The number of nitrogens with zero attached hydrogens (tertiary/aromatic N) is 3. The fourth-order valence-corrected chi connectivity index (χ4v) is 2.52. The van der Waals surface area contributed by atoms with Gasteiger partial charge in [0, 0.05) is 13.1 Å². The summed E-state index contributed by atoms with van der Waals surface area (Å²) >= 11 is 0. The maximum Gasteiger partial charge on any atom is 0.243 e. The maximum atomic E-state index is 6.07. The van der Waals surface area contributed by atoms with Crippen LogP contribution >= 0.6 is 0 Å². The third-order valence-electron chi connectivity index (χ3n) is 3.48. The molecule has 1 aromatic rings. The van der Waals surface area contributed by atoms with E-state index in [0.29, 0.717) is 24.2 Å². The highest BCUT2D eigenvalue weighted by atomic mass is 16.5. The van der Waals surface area contributed by atoms with Crippen molar-refractivity contribution in [2.24, 2.45) is 11.7 Å². The zero-order valence-electron chi connectivity index (χ0n) is 12.7. The highest BCUT2D eigenvalue weighted by Gasteiger charge is 2.27. The normalized spacial score (nSPS) is 22.4. The molecule has 0 amide bonds. The van der Waals surface area contributed by atoms with Crippen LogP contribution in [0, 0.1) is 5.92 Å². The summed E-state index contributed by atoms with van der Waals surface area (Å²) in [5.41, 5.74) is 6.07. The van der Waals surface area contributed by atoms with Crippen molar-refractivity contribution < 1.29 is 9.26 Å². The number of nitrogens with two attached hydrogens (primary N) is 1. The van der Waals surface area contributed by atoms with Gasteiger partial charge in [-0.05, 0) is 25.3 Å². The summed E-state index contributed by atoms with van der Waals surface area (Å²) in [6.45, 7) is 10.0. The van der Waals surface area contributed by atoms with Crippen molar-refractivity contribution in [1.82, 2.24) is 15.0 Å². The Bertz CT molecular complexity index is 406. The average Bonchev–Trinajstić information content (AvgIpc) is 2.88. The summed E-state index contributed by atoms with van der Waals surface area (Å²) in [5, 5.41) is 4.05. The van der Waals surface area contributed by atoms with E-state index in [2.05, 4.69) is 35.8 Å². The van der Waals surface area contributed by atoms with Crippen LogP contribution < -0.4 is 5.73 Å². The third kappa shape index (κ3) is 4.01. The van der Waals surface area contributed by atoms with Gasteiger partial charge in [-0.3, -0.25) is 4.90 Å². The molecule has 0 aromatic carbocycles. The molecule has 0 spiro atoms. The third-order valence-corrected chi connectivity index (χ3v) is 3.48. The van der Waals surface area contributed by atoms with Crippen LogP contribution in [0.3, 0.4) is 0 Å². The van der Waals surface area contributed by atoms with Crippen molar-refractivity contribution in [2.45, 2.75) is 45.8 Å². The molecule has 6 heteroatoms. The molecule has 1 aliphatic rings. The predicted octanol–water partition coefficient (Wildman–Crippen LogP) is 1.90. The summed E-state index contributed by atoms with van der Waals surface area (Å²) in [6.07, 6.45) is 1.89. The monoisotopic (exact) mass is 282 g/mol. The highest BCUT2D eigenvalue weighted by molar-refractivity contribution is 4.97. The molecule has 0 radical (unpaired) electrons. The van der Waals surface area contributed by atoms with Crippen LogP contribution in [0.25, 0.3) is 0 Å². The average molecular weight is 282 g/mol. The van der Waals surface area contributed by atoms with Crippen molar-refractivity contribution in [2.75, 3.05) is 26.2 Å².